The predicted octanol–water partition coefficient (Wildman–Crippen LogP) is 2.29. The molecule has 0 radical (unpaired) electrons. The van der Waals surface area contributed by atoms with Crippen LogP contribution >= 0.6 is 0 Å². The summed E-state index contributed by atoms with van der Waals surface area (Å²) in [4.78, 5) is 33.9. The van der Waals surface area contributed by atoms with Gasteiger partial charge in [0, 0.05) is 37.3 Å². The van der Waals surface area contributed by atoms with Crippen molar-refractivity contribution in [1.29, 1.82) is 0 Å². The first-order valence-corrected chi connectivity index (χ1v) is 11.0. The number of hydrogen-bond donors (Lipinski definition) is 2. The number of hydrogen-bond acceptors (Lipinski definition) is 8. The minimum absolute atomic E-state index is 0.0190. The predicted molar refractivity (Wildman–Crippen MR) is 123 cm³/mol. The second-order valence-corrected chi connectivity index (χ2v) is 7.63. The number of rotatable bonds is 8. The van der Waals surface area contributed by atoms with E-state index >= 15 is 0 Å². The minimum atomic E-state index is -1.26. The summed E-state index contributed by atoms with van der Waals surface area (Å²) in [5.41, 5.74) is 0.784. The van der Waals surface area contributed by atoms with E-state index in [1.807, 2.05) is 54.6 Å². The molecular formula is C25H27NO9. The Balaban J connectivity index is 0.000000371. The molecule has 1 fully saturated rings. The van der Waals surface area contributed by atoms with Crippen LogP contribution in [0.2, 0.25) is 0 Å². The number of carbonyl (C=O) groups is 3. The van der Waals surface area contributed by atoms with Crippen LogP contribution in [0.15, 0.2) is 66.7 Å². The van der Waals surface area contributed by atoms with Crippen molar-refractivity contribution < 1.29 is 43.5 Å². The monoisotopic (exact) mass is 485 g/mol. The van der Waals surface area contributed by atoms with Crippen LogP contribution < -0.4 is 9.47 Å². The summed E-state index contributed by atoms with van der Waals surface area (Å²) < 4.78 is 23.0. The van der Waals surface area contributed by atoms with Crippen molar-refractivity contribution >= 4 is 17.9 Å². The van der Waals surface area contributed by atoms with Crippen molar-refractivity contribution in [3.05, 3.63) is 72.3 Å². The molecule has 0 unspecified atom stereocenters. The molecular weight excluding hydrogens is 458 g/mol. The van der Waals surface area contributed by atoms with Crippen LogP contribution in [0.3, 0.4) is 0 Å². The molecule has 2 heterocycles. The number of morpholine rings is 1. The highest BCUT2D eigenvalue weighted by Gasteiger charge is 2.45. The van der Waals surface area contributed by atoms with Gasteiger partial charge in [0.05, 0.1) is 13.2 Å². The Morgan fingerprint density at radius 2 is 1.43 bits per heavy atom. The Labute approximate surface area is 202 Å². The van der Waals surface area contributed by atoms with Gasteiger partial charge in [-0.1, -0.05) is 42.5 Å². The van der Waals surface area contributed by atoms with E-state index in [2.05, 4.69) is 4.90 Å². The quantitative estimate of drug-likeness (QED) is 0.424. The third-order valence-electron chi connectivity index (χ3n) is 5.13. The zero-order valence-corrected chi connectivity index (χ0v) is 19.0. The number of fused-ring (bicyclic) bond motifs is 1. The summed E-state index contributed by atoms with van der Waals surface area (Å²) in [6.07, 6.45) is 1.10. The van der Waals surface area contributed by atoms with Crippen molar-refractivity contribution in [3.63, 3.8) is 0 Å². The van der Waals surface area contributed by atoms with Gasteiger partial charge in [0.2, 0.25) is 0 Å². The van der Waals surface area contributed by atoms with Gasteiger partial charge in [-0.15, -0.1) is 0 Å². The molecule has 2 aliphatic rings. The molecule has 0 spiro atoms. The van der Waals surface area contributed by atoms with E-state index in [0.717, 1.165) is 31.9 Å². The number of carboxylic acid groups (broad SMARTS) is 2. The summed E-state index contributed by atoms with van der Waals surface area (Å²) >= 11 is 0. The molecule has 10 heteroatoms. The van der Waals surface area contributed by atoms with Gasteiger partial charge in [-0.3, -0.25) is 9.69 Å². The second kappa shape index (κ2) is 12.5. The smallest absolute Gasteiger partial charge is 0.328 e. The fraction of sp³-hybridized carbons (Fsp3) is 0.320. The second-order valence-electron chi connectivity index (χ2n) is 7.63. The highest BCUT2D eigenvalue weighted by molar-refractivity contribution is 5.89. The summed E-state index contributed by atoms with van der Waals surface area (Å²) in [5, 5.41) is 15.6. The number of carbonyl (C=O) groups excluding carboxylic acids is 1. The molecule has 2 aromatic rings. The lowest BCUT2D eigenvalue weighted by atomic mass is 10.0. The van der Waals surface area contributed by atoms with Crippen molar-refractivity contribution in [3.8, 4) is 11.5 Å². The molecule has 2 aliphatic heterocycles. The molecule has 2 N–H and O–H groups in total. The van der Waals surface area contributed by atoms with Crippen LogP contribution in [0, 0.1) is 0 Å². The normalized spacial score (nSPS) is 16.2. The molecule has 186 valence electrons. The first-order chi connectivity index (χ1) is 16.9. The SMILES string of the molecule is O=C(CC1(c2ccccc2)Oc2ccccc2O1)OCCN1CCOCC1.O=C(O)/C=C\C(=O)O. The molecule has 2 aromatic carbocycles. The lowest BCUT2D eigenvalue weighted by Crippen LogP contribution is -2.40. The zero-order chi connectivity index (χ0) is 25.1. The Kier molecular flexibility index (Phi) is 9.22. The van der Waals surface area contributed by atoms with Gasteiger partial charge in [-0.25, -0.2) is 9.59 Å². The van der Waals surface area contributed by atoms with E-state index in [1.165, 1.54) is 0 Å². The van der Waals surface area contributed by atoms with Gasteiger partial charge in [-0.2, -0.15) is 0 Å². The van der Waals surface area contributed by atoms with Crippen LogP contribution in [0.5, 0.6) is 11.5 Å². The number of ether oxygens (including phenoxy) is 4. The van der Waals surface area contributed by atoms with E-state index in [4.69, 9.17) is 29.2 Å². The van der Waals surface area contributed by atoms with E-state index in [9.17, 15) is 14.4 Å². The number of benzene rings is 2. The van der Waals surface area contributed by atoms with Crippen molar-refractivity contribution in [1.82, 2.24) is 4.90 Å². The van der Waals surface area contributed by atoms with E-state index in [1.54, 1.807) is 0 Å². The maximum Gasteiger partial charge on any atom is 0.328 e. The maximum atomic E-state index is 12.5. The van der Waals surface area contributed by atoms with E-state index in [-0.39, 0.29) is 12.4 Å². The fourth-order valence-electron chi connectivity index (χ4n) is 3.48. The third-order valence-corrected chi connectivity index (χ3v) is 5.13. The topological polar surface area (TPSA) is 132 Å². The Hall–Kier alpha value is -3.89. The maximum absolute atomic E-state index is 12.5. The van der Waals surface area contributed by atoms with Gasteiger partial charge in [-0.05, 0) is 12.1 Å². The molecule has 10 nitrogen and oxygen atoms in total. The Morgan fingerprint density at radius 1 is 0.886 bits per heavy atom. The molecule has 0 aliphatic carbocycles. The van der Waals surface area contributed by atoms with Crippen LogP contribution in [0.4, 0.5) is 0 Å². The number of aliphatic carboxylic acids is 2. The minimum Gasteiger partial charge on any atom is -0.478 e. The zero-order valence-electron chi connectivity index (χ0n) is 19.0. The van der Waals surface area contributed by atoms with Crippen molar-refractivity contribution in [2.45, 2.75) is 12.2 Å². The van der Waals surface area contributed by atoms with Crippen LogP contribution in [-0.4, -0.2) is 72.5 Å². The number of esters is 1. The molecule has 0 bridgehead atoms. The average molecular weight is 485 g/mol. The molecule has 0 saturated carbocycles. The first kappa shape index (κ1) is 25.7. The lowest BCUT2D eigenvalue weighted by molar-refractivity contribution is -0.161. The standard InChI is InChI=1S/C21H23NO5.C4H4O4/c23-20(25-15-12-22-10-13-24-14-11-22)16-21(17-6-2-1-3-7-17)26-18-8-4-5-9-19(18)27-21;5-3(6)1-2-4(7)8/h1-9H,10-16H2;1-2H,(H,5,6)(H,7,8)/b;2-1-. The summed E-state index contributed by atoms with van der Waals surface area (Å²) in [5.74, 6) is -2.80. The van der Waals surface area contributed by atoms with Crippen molar-refractivity contribution in [2.75, 3.05) is 39.5 Å². The van der Waals surface area contributed by atoms with Gasteiger partial charge >= 0.3 is 17.9 Å². The molecule has 4 rings (SSSR count). The van der Waals surface area contributed by atoms with Gasteiger partial charge in [0.1, 0.15) is 13.0 Å². The van der Waals surface area contributed by atoms with Crippen LogP contribution in [0.1, 0.15) is 12.0 Å². The number of carboxylic acids is 2. The molecule has 0 amide bonds. The largest absolute Gasteiger partial charge is 0.478 e. The molecule has 1 saturated heterocycles. The summed E-state index contributed by atoms with van der Waals surface area (Å²) in [7, 11) is 0. The Bertz CT molecular complexity index is 991. The van der Waals surface area contributed by atoms with Crippen LogP contribution in [-0.2, 0) is 29.6 Å². The average Bonchev–Trinajstić information content (AvgIpc) is 3.23. The highest BCUT2D eigenvalue weighted by atomic mass is 16.7. The fourth-order valence-corrected chi connectivity index (χ4v) is 3.48. The summed E-state index contributed by atoms with van der Waals surface area (Å²) in [6.45, 7) is 4.24. The van der Waals surface area contributed by atoms with Gasteiger partial charge in [0.15, 0.2) is 11.5 Å². The number of nitrogens with zero attached hydrogens (tertiary/aromatic N) is 1. The molecule has 0 atom stereocenters. The third kappa shape index (κ3) is 7.83. The Morgan fingerprint density at radius 3 is 1.97 bits per heavy atom. The number of para-hydroxylation sites is 2. The molecule has 35 heavy (non-hydrogen) atoms. The van der Waals surface area contributed by atoms with Gasteiger partial charge < -0.3 is 29.2 Å². The molecule has 0 aromatic heterocycles. The van der Waals surface area contributed by atoms with E-state index < -0.39 is 17.7 Å². The lowest BCUT2D eigenvalue weighted by Gasteiger charge is -2.28. The van der Waals surface area contributed by atoms with Crippen molar-refractivity contribution in [2.24, 2.45) is 0 Å². The highest BCUT2D eigenvalue weighted by Crippen LogP contribution is 2.45. The summed E-state index contributed by atoms with van der Waals surface area (Å²) in [6, 6.07) is 16.9. The van der Waals surface area contributed by atoms with Gasteiger partial charge in [0.25, 0.3) is 5.79 Å². The van der Waals surface area contributed by atoms with Crippen LogP contribution in [0.25, 0.3) is 0 Å². The first-order valence-electron chi connectivity index (χ1n) is 11.0. The van der Waals surface area contributed by atoms with E-state index in [0.29, 0.717) is 36.8 Å².